The molecule has 0 spiro atoms. The van der Waals surface area contributed by atoms with E-state index in [1.165, 1.54) is 0 Å². The molecule has 15 heavy (non-hydrogen) atoms. The van der Waals surface area contributed by atoms with Crippen LogP contribution in [0.3, 0.4) is 0 Å². The van der Waals surface area contributed by atoms with Gasteiger partial charge in [-0.2, -0.15) is 0 Å². The Morgan fingerprint density at radius 2 is 2.20 bits per heavy atom. The van der Waals surface area contributed by atoms with Gasteiger partial charge in [-0.3, -0.25) is 4.98 Å². The van der Waals surface area contributed by atoms with Crippen LogP contribution in [0.1, 0.15) is 18.1 Å². The number of nitrogens with zero attached hydrogens (tertiary/aromatic N) is 1. The monoisotopic (exact) mass is 202 g/mol. The summed E-state index contributed by atoms with van der Waals surface area (Å²) in [6.45, 7) is 0.488. The van der Waals surface area contributed by atoms with Gasteiger partial charge in [-0.25, -0.2) is 0 Å². The minimum atomic E-state index is -0.485. The van der Waals surface area contributed by atoms with Gasteiger partial charge in [0.1, 0.15) is 0 Å². The number of fused-ring (bicyclic) bond motifs is 1. The molecule has 0 aliphatic rings. The summed E-state index contributed by atoms with van der Waals surface area (Å²) in [5.74, 6) is 0. The highest BCUT2D eigenvalue weighted by atomic mass is 16.3. The predicted molar refractivity (Wildman–Crippen MR) is 60.4 cm³/mol. The molecule has 1 heterocycles. The second kappa shape index (κ2) is 4.38. The first-order chi connectivity index (χ1) is 7.31. The number of benzene rings is 1. The summed E-state index contributed by atoms with van der Waals surface area (Å²) in [6, 6.07) is 9.71. The fourth-order valence-corrected chi connectivity index (χ4v) is 1.62. The van der Waals surface area contributed by atoms with E-state index in [0.717, 1.165) is 16.5 Å². The van der Waals surface area contributed by atoms with Gasteiger partial charge in [0.2, 0.25) is 0 Å². The second-order valence-corrected chi connectivity index (χ2v) is 3.55. The fourth-order valence-electron chi connectivity index (χ4n) is 1.62. The van der Waals surface area contributed by atoms with Gasteiger partial charge in [0, 0.05) is 11.6 Å². The van der Waals surface area contributed by atoms with Crippen LogP contribution in [-0.4, -0.2) is 16.6 Å². The molecule has 0 aliphatic carbocycles. The molecule has 3 N–H and O–H groups in total. The highest BCUT2D eigenvalue weighted by Crippen LogP contribution is 2.20. The summed E-state index contributed by atoms with van der Waals surface area (Å²) in [7, 11) is 0. The zero-order valence-electron chi connectivity index (χ0n) is 8.43. The lowest BCUT2D eigenvalue weighted by Crippen LogP contribution is -2.06. The number of hydrogen-bond donors (Lipinski definition) is 2. The smallest absolute Gasteiger partial charge is 0.0802 e. The summed E-state index contributed by atoms with van der Waals surface area (Å²) in [5, 5.41) is 10.9. The van der Waals surface area contributed by atoms with Crippen LogP contribution in [0.4, 0.5) is 0 Å². The Balaban J connectivity index is 2.38. The third-order valence-corrected chi connectivity index (χ3v) is 2.45. The molecule has 0 amide bonds. The first-order valence-corrected chi connectivity index (χ1v) is 5.04. The van der Waals surface area contributed by atoms with E-state index in [4.69, 9.17) is 5.73 Å². The van der Waals surface area contributed by atoms with Gasteiger partial charge in [0.25, 0.3) is 0 Å². The van der Waals surface area contributed by atoms with Gasteiger partial charge in [-0.1, -0.05) is 18.2 Å². The van der Waals surface area contributed by atoms with Crippen molar-refractivity contribution >= 4 is 10.9 Å². The number of hydrogen-bond acceptors (Lipinski definition) is 3. The summed E-state index contributed by atoms with van der Waals surface area (Å²) in [5.41, 5.74) is 7.19. The Hall–Kier alpha value is -1.45. The Morgan fingerprint density at radius 1 is 1.33 bits per heavy atom. The van der Waals surface area contributed by atoms with Gasteiger partial charge in [0.15, 0.2) is 0 Å². The maximum atomic E-state index is 9.77. The van der Waals surface area contributed by atoms with E-state index in [9.17, 15) is 5.11 Å². The molecule has 1 aromatic carbocycles. The maximum Gasteiger partial charge on any atom is 0.0802 e. The van der Waals surface area contributed by atoms with Gasteiger partial charge in [-0.05, 0) is 30.7 Å². The predicted octanol–water partition coefficient (Wildman–Crippen LogP) is 1.62. The lowest BCUT2D eigenvalue weighted by Gasteiger charge is -2.09. The van der Waals surface area contributed by atoms with Crippen LogP contribution in [0.5, 0.6) is 0 Å². The van der Waals surface area contributed by atoms with E-state index in [2.05, 4.69) is 4.98 Å². The van der Waals surface area contributed by atoms with E-state index >= 15 is 0 Å². The van der Waals surface area contributed by atoms with Crippen molar-refractivity contribution in [3.63, 3.8) is 0 Å². The lowest BCUT2D eigenvalue weighted by molar-refractivity contribution is 0.170. The summed E-state index contributed by atoms with van der Waals surface area (Å²) in [6.07, 6.45) is 1.85. The van der Waals surface area contributed by atoms with Gasteiger partial charge in [-0.15, -0.1) is 0 Å². The number of aliphatic hydroxyl groups excluding tert-OH is 1. The molecule has 2 rings (SSSR count). The SMILES string of the molecule is NCC[C@@H](O)c1ccc2cccnc2c1. The standard InChI is InChI=1S/C12H14N2O/c13-6-5-12(15)10-4-3-9-2-1-7-14-11(9)8-10/h1-4,7-8,12,15H,5-6,13H2/t12-/m1/s1. The van der Waals surface area contributed by atoms with E-state index in [0.29, 0.717) is 13.0 Å². The van der Waals surface area contributed by atoms with Gasteiger partial charge >= 0.3 is 0 Å². The molecule has 0 bridgehead atoms. The van der Waals surface area contributed by atoms with E-state index in [1.807, 2.05) is 30.3 Å². The topological polar surface area (TPSA) is 59.1 Å². The molecule has 0 saturated carbocycles. The maximum absolute atomic E-state index is 9.77. The highest BCUT2D eigenvalue weighted by molar-refractivity contribution is 5.78. The first kappa shape index (κ1) is 10.1. The molecule has 0 radical (unpaired) electrons. The number of aliphatic hydroxyl groups is 1. The highest BCUT2D eigenvalue weighted by Gasteiger charge is 2.06. The number of rotatable bonds is 3. The third kappa shape index (κ3) is 2.14. The Bertz CT molecular complexity index is 456. The Morgan fingerprint density at radius 3 is 3.00 bits per heavy atom. The minimum Gasteiger partial charge on any atom is -0.388 e. The van der Waals surface area contributed by atoms with Crippen molar-refractivity contribution < 1.29 is 5.11 Å². The molecule has 78 valence electrons. The molecule has 0 aliphatic heterocycles. The van der Waals surface area contributed by atoms with Crippen molar-refractivity contribution in [3.8, 4) is 0 Å². The molecule has 0 fully saturated rings. The van der Waals surface area contributed by atoms with E-state index in [-0.39, 0.29) is 0 Å². The number of pyridine rings is 1. The molecule has 2 aromatic rings. The normalized spacial score (nSPS) is 12.9. The fraction of sp³-hybridized carbons (Fsp3) is 0.250. The molecular formula is C12H14N2O. The number of nitrogens with two attached hydrogens (primary N) is 1. The molecule has 1 aromatic heterocycles. The Kier molecular flexibility index (Phi) is 2.94. The average Bonchev–Trinajstić information content (AvgIpc) is 2.29. The Labute approximate surface area is 88.6 Å². The van der Waals surface area contributed by atoms with Crippen LogP contribution < -0.4 is 5.73 Å². The zero-order chi connectivity index (χ0) is 10.7. The molecule has 0 unspecified atom stereocenters. The van der Waals surface area contributed by atoms with Crippen LogP contribution >= 0.6 is 0 Å². The molecule has 3 nitrogen and oxygen atoms in total. The van der Waals surface area contributed by atoms with E-state index in [1.54, 1.807) is 6.20 Å². The molecule has 0 saturated heterocycles. The van der Waals surface area contributed by atoms with Gasteiger partial charge in [0.05, 0.1) is 11.6 Å². The third-order valence-electron chi connectivity index (χ3n) is 2.45. The minimum absolute atomic E-state index is 0.485. The van der Waals surface area contributed by atoms with Crippen molar-refractivity contribution in [2.45, 2.75) is 12.5 Å². The molecular weight excluding hydrogens is 188 g/mol. The van der Waals surface area contributed by atoms with Crippen LogP contribution in [-0.2, 0) is 0 Å². The van der Waals surface area contributed by atoms with Crippen molar-refractivity contribution in [2.75, 3.05) is 6.54 Å². The van der Waals surface area contributed by atoms with Crippen LogP contribution in [0.2, 0.25) is 0 Å². The summed E-state index contributed by atoms with van der Waals surface area (Å²) >= 11 is 0. The van der Waals surface area contributed by atoms with E-state index < -0.39 is 6.10 Å². The quantitative estimate of drug-likeness (QED) is 0.795. The summed E-state index contributed by atoms with van der Waals surface area (Å²) < 4.78 is 0. The van der Waals surface area contributed by atoms with Crippen LogP contribution in [0.25, 0.3) is 10.9 Å². The van der Waals surface area contributed by atoms with Crippen LogP contribution in [0.15, 0.2) is 36.5 Å². The lowest BCUT2D eigenvalue weighted by atomic mass is 10.0. The first-order valence-electron chi connectivity index (χ1n) is 5.04. The second-order valence-electron chi connectivity index (χ2n) is 3.55. The number of aromatic nitrogens is 1. The van der Waals surface area contributed by atoms with Crippen LogP contribution in [0, 0.1) is 0 Å². The summed E-state index contributed by atoms with van der Waals surface area (Å²) in [4.78, 5) is 4.24. The average molecular weight is 202 g/mol. The van der Waals surface area contributed by atoms with Gasteiger partial charge < -0.3 is 10.8 Å². The van der Waals surface area contributed by atoms with Crippen molar-refractivity contribution in [1.82, 2.24) is 4.98 Å². The van der Waals surface area contributed by atoms with Crippen molar-refractivity contribution in [3.05, 3.63) is 42.1 Å². The van der Waals surface area contributed by atoms with Crippen molar-refractivity contribution in [2.24, 2.45) is 5.73 Å². The zero-order valence-corrected chi connectivity index (χ0v) is 8.43. The largest absolute Gasteiger partial charge is 0.388 e. The van der Waals surface area contributed by atoms with Crippen molar-refractivity contribution in [1.29, 1.82) is 0 Å². The molecule has 1 atom stereocenters. The molecule has 3 heteroatoms.